The summed E-state index contributed by atoms with van der Waals surface area (Å²) in [5.74, 6) is 2.96. The zero-order valence-electron chi connectivity index (χ0n) is 18.1. The van der Waals surface area contributed by atoms with Crippen molar-refractivity contribution in [3.63, 3.8) is 0 Å². The summed E-state index contributed by atoms with van der Waals surface area (Å²) < 4.78 is 1.62. The molecule has 3 N–H and O–H groups in total. The van der Waals surface area contributed by atoms with Crippen molar-refractivity contribution in [2.75, 3.05) is 0 Å². The summed E-state index contributed by atoms with van der Waals surface area (Å²) in [7, 11) is 0. The van der Waals surface area contributed by atoms with Gasteiger partial charge in [0.15, 0.2) is 0 Å². The molecular weight excluding hydrogens is 438 g/mol. The molecule has 0 aliphatic heterocycles. The number of hydrogen-bond acceptors (Lipinski definition) is 5. The van der Waals surface area contributed by atoms with E-state index < -0.39 is 5.91 Å². The molecule has 0 radical (unpaired) electrons. The molecule has 0 aliphatic rings. The van der Waals surface area contributed by atoms with E-state index >= 15 is 0 Å². The van der Waals surface area contributed by atoms with Crippen LogP contribution in [0.15, 0.2) is 72.8 Å². The predicted molar refractivity (Wildman–Crippen MR) is 129 cm³/mol. The van der Waals surface area contributed by atoms with Crippen LogP contribution in [0, 0.1) is 17.9 Å². The zero-order chi connectivity index (χ0) is 23.6. The molecule has 2 heterocycles. The Balaban J connectivity index is 0.000000144. The van der Waals surface area contributed by atoms with Gasteiger partial charge in [-0.15, -0.1) is 5.10 Å². The Morgan fingerprint density at radius 2 is 1.52 bits per heavy atom. The fourth-order valence-corrected chi connectivity index (χ4v) is 2.67. The van der Waals surface area contributed by atoms with Crippen molar-refractivity contribution in [3.05, 3.63) is 83.4 Å². The second-order valence-corrected chi connectivity index (χ2v) is 7.52. The van der Waals surface area contributed by atoms with Gasteiger partial charge in [-0.25, -0.2) is 0 Å². The first-order valence-corrected chi connectivity index (χ1v) is 10.4. The number of aromatic amines is 1. The van der Waals surface area contributed by atoms with Crippen LogP contribution in [-0.4, -0.2) is 36.3 Å². The van der Waals surface area contributed by atoms with Crippen LogP contribution in [0.3, 0.4) is 0 Å². The highest BCUT2D eigenvalue weighted by Gasteiger charge is 1.99. The molecule has 1 amide bonds. The monoisotopic (exact) mass is 459 g/mol. The normalized spacial score (nSPS) is 9.94. The lowest BCUT2D eigenvalue weighted by atomic mass is 10.2. The number of para-hydroxylation sites is 3. The van der Waals surface area contributed by atoms with E-state index in [0.717, 1.165) is 22.1 Å². The number of aromatic nitrogens is 6. The SMILES string of the molecule is CC(C)C#Cn1nnc2ccccc21.NC(=O)c1ccc(Cl)cc1.c1ccc2n[nH]nc2c1. The fourth-order valence-electron chi connectivity index (χ4n) is 2.54. The fraction of sp³-hybridized carbons (Fsp3) is 0.125. The van der Waals surface area contributed by atoms with Crippen molar-refractivity contribution in [2.24, 2.45) is 11.7 Å². The number of hydrogen-bond donors (Lipinski definition) is 2. The summed E-state index contributed by atoms with van der Waals surface area (Å²) in [5.41, 5.74) is 9.13. The Morgan fingerprint density at radius 3 is 2.09 bits per heavy atom. The van der Waals surface area contributed by atoms with Gasteiger partial charge in [-0.05, 0) is 48.5 Å². The van der Waals surface area contributed by atoms with Gasteiger partial charge in [-0.3, -0.25) is 4.79 Å². The Kier molecular flexibility index (Phi) is 8.11. The van der Waals surface area contributed by atoms with E-state index in [1.165, 1.54) is 0 Å². The standard InChI is InChI=1S/C11H11N3.C7H6ClNO.C6H5N3/c1-9(2)7-8-14-11-6-4-3-5-10(11)12-13-14;8-6-3-1-5(2-4-6)7(9)10;1-2-4-6-5(3-1)7-9-8-6/h3-6,9H,1-2H3;1-4H,(H2,9,10);1-4H,(H,7,8,9). The molecule has 0 atom stereocenters. The third-order valence-corrected chi connectivity index (χ3v) is 4.41. The van der Waals surface area contributed by atoms with Gasteiger partial charge in [0.05, 0.1) is 0 Å². The van der Waals surface area contributed by atoms with E-state index in [0.29, 0.717) is 16.5 Å². The molecule has 0 saturated carbocycles. The van der Waals surface area contributed by atoms with Crippen LogP contribution in [0.2, 0.25) is 5.02 Å². The first-order chi connectivity index (χ1) is 15.9. The summed E-state index contributed by atoms with van der Waals surface area (Å²) in [6.45, 7) is 4.10. The van der Waals surface area contributed by atoms with E-state index in [-0.39, 0.29) is 0 Å². The van der Waals surface area contributed by atoms with Gasteiger partial charge in [0.1, 0.15) is 22.1 Å². The van der Waals surface area contributed by atoms with Crippen LogP contribution in [0.25, 0.3) is 22.1 Å². The summed E-state index contributed by atoms with van der Waals surface area (Å²) in [6.07, 6.45) is 0. The molecule has 166 valence electrons. The largest absolute Gasteiger partial charge is 0.366 e. The Labute approximate surface area is 195 Å². The minimum atomic E-state index is -0.434. The molecule has 0 bridgehead atoms. The molecule has 0 spiro atoms. The quantitative estimate of drug-likeness (QED) is 0.363. The summed E-state index contributed by atoms with van der Waals surface area (Å²) in [6, 6.07) is 24.9. The molecule has 5 aromatic rings. The van der Waals surface area contributed by atoms with Crippen LogP contribution >= 0.6 is 11.6 Å². The number of primary amides is 1. The molecule has 0 fully saturated rings. The number of carbonyl (C=O) groups is 1. The topological polar surface area (TPSA) is 115 Å². The Morgan fingerprint density at radius 1 is 0.939 bits per heavy atom. The van der Waals surface area contributed by atoms with Gasteiger partial charge in [0.25, 0.3) is 0 Å². The molecule has 33 heavy (non-hydrogen) atoms. The van der Waals surface area contributed by atoms with Crippen molar-refractivity contribution in [1.29, 1.82) is 0 Å². The highest BCUT2D eigenvalue weighted by atomic mass is 35.5. The maximum atomic E-state index is 10.5. The second-order valence-electron chi connectivity index (χ2n) is 7.08. The predicted octanol–water partition coefficient (Wildman–Crippen LogP) is 4.29. The molecule has 5 rings (SSSR count). The lowest BCUT2D eigenvalue weighted by Crippen LogP contribution is -2.10. The number of H-pyrrole nitrogens is 1. The van der Waals surface area contributed by atoms with Gasteiger partial charge in [-0.2, -0.15) is 20.1 Å². The number of rotatable bonds is 1. The van der Waals surface area contributed by atoms with Gasteiger partial charge in [0.2, 0.25) is 5.91 Å². The number of nitrogens with zero attached hydrogens (tertiary/aromatic N) is 5. The third kappa shape index (κ3) is 6.89. The van der Waals surface area contributed by atoms with Gasteiger partial charge >= 0.3 is 0 Å². The highest BCUT2D eigenvalue weighted by molar-refractivity contribution is 6.30. The van der Waals surface area contributed by atoms with E-state index in [1.54, 1.807) is 28.9 Å². The number of nitrogens with one attached hydrogen (secondary N) is 1. The lowest BCUT2D eigenvalue weighted by Gasteiger charge is -1.92. The minimum Gasteiger partial charge on any atom is -0.366 e. The van der Waals surface area contributed by atoms with Crippen molar-refractivity contribution >= 4 is 39.6 Å². The van der Waals surface area contributed by atoms with E-state index in [1.807, 2.05) is 62.4 Å². The Hall–Kier alpha value is -4.22. The van der Waals surface area contributed by atoms with Crippen LogP contribution in [0.4, 0.5) is 0 Å². The van der Waals surface area contributed by atoms with Crippen molar-refractivity contribution < 1.29 is 4.79 Å². The van der Waals surface area contributed by atoms with Gasteiger partial charge < -0.3 is 5.73 Å². The van der Waals surface area contributed by atoms with E-state index in [2.05, 4.69) is 37.7 Å². The van der Waals surface area contributed by atoms with Crippen LogP contribution in [-0.2, 0) is 0 Å². The number of carbonyl (C=O) groups excluding carboxylic acids is 1. The molecule has 2 aromatic heterocycles. The van der Waals surface area contributed by atoms with Gasteiger partial charge in [0, 0.05) is 22.5 Å². The molecule has 0 saturated heterocycles. The second kappa shape index (κ2) is 11.4. The molecule has 8 nitrogen and oxygen atoms in total. The average Bonchev–Trinajstić information content (AvgIpc) is 3.46. The molecule has 9 heteroatoms. The number of benzene rings is 3. The Bertz CT molecular complexity index is 1360. The van der Waals surface area contributed by atoms with Gasteiger partial charge in [-0.1, -0.05) is 60.8 Å². The van der Waals surface area contributed by atoms with Crippen LogP contribution in [0.5, 0.6) is 0 Å². The van der Waals surface area contributed by atoms with Crippen LogP contribution < -0.4 is 5.73 Å². The summed E-state index contributed by atoms with van der Waals surface area (Å²) in [4.78, 5) is 10.5. The average molecular weight is 460 g/mol. The molecule has 0 unspecified atom stereocenters. The van der Waals surface area contributed by atoms with E-state index in [4.69, 9.17) is 17.3 Å². The number of amides is 1. The zero-order valence-corrected chi connectivity index (χ0v) is 18.9. The molecular formula is C24H22ClN7O. The van der Waals surface area contributed by atoms with Crippen LogP contribution in [0.1, 0.15) is 24.2 Å². The number of halogens is 1. The van der Waals surface area contributed by atoms with Crippen molar-refractivity contribution in [1.82, 2.24) is 30.4 Å². The third-order valence-electron chi connectivity index (χ3n) is 4.16. The van der Waals surface area contributed by atoms with E-state index in [9.17, 15) is 4.79 Å². The maximum absolute atomic E-state index is 10.5. The summed E-state index contributed by atoms with van der Waals surface area (Å²) >= 11 is 5.56. The summed E-state index contributed by atoms with van der Waals surface area (Å²) in [5, 5.41) is 18.9. The number of nitrogens with two attached hydrogens (primary N) is 1. The lowest BCUT2D eigenvalue weighted by molar-refractivity contribution is 0.100. The maximum Gasteiger partial charge on any atom is 0.248 e. The number of fused-ring (bicyclic) bond motifs is 2. The van der Waals surface area contributed by atoms with Crippen molar-refractivity contribution in [2.45, 2.75) is 13.8 Å². The minimum absolute atomic E-state index is 0.345. The highest BCUT2D eigenvalue weighted by Crippen LogP contribution is 2.09. The first-order valence-electron chi connectivity index (χ1n) is 10.1. The smallest absolute Gasteiger partial charge is 0.248 e. The molecule has 3 aromatic carbocycles. The molecule has 0 aliphatic carbocycles. The first kappa shape index (κ1) is 23.4. The van der Waals surface area contributed by atoms with Crippen molar-refractivity contribution in [3.8, 4) is 12.0 Å².